The Labute approximate surface area is 114 Å². The summed E-state index contributed by atoms with van der Waals surface area (Å²) in [6, 6.07) is 5.97. The van der Waals surface area contributed by atoms with Crippen LogP contribution in [0.3, 0.4) is 0 Å². The van der Waals surface area contributed by atoms with Crippen molar-refractivity contribution < 1.29 is 9.18 Å². The molecule has 1 heterocycles. The Morgan fingerprint density at radius 2 is 2.11 bits per heavy atom. The number of anilines is 1. The van der Waals surface area contributed by atoms with Crippen LogP contribution in [0.1, 0.15) is 27.9 Å². The number of benzene rings is 1. The van der Waals surface area contributed by atoms with E-state index >= 15 is 0 Å². The van der Waals surface area contributed by atoms with Crippen LogP contribution in [-0.2, 0) is 0 Å². The number of thiazole rings is 1. The summed E-state index contributed by atoms with van der Waals surface area (Å²) in [6.07, 6.45) is 1.56. The fourth-order valence-corrected chi connectivity index (χ4v) is 2.29. The summed E-state index contributed by atoms with van der Waals surface area (Å²) in [7, 11) is 0. The molecule has 0 spiro atoms. The number of rotatable bonds is 4. The van der Waals surface area contributed by atoms with Gasteiger partial charge in [-0.25, -0.2) is 9.37 Å². The summed E-state index contributed by atoms with van der Waals surface area (Å²) < 4.78 is 12.7. The number of hydrogen-bond acceptors (Lipinski definition) is 5. The molecule has 0 saturated heterocycles. The molecule has 0 fully saturated rings. The lowest BCUT2D eigenvalue weighted by Crippen LogP contribution is -1.90. The number of carbonyl (C=O) groups is 1. The second-order valence-corrected chi connectivity index (χ2v) is 4.91. The van der Waals surface area contributed by atoms with E-state index in [0.717, 1.165) is 5.56 Å². The highest BCUT2D eigenvalue weighted by molar-refractivity contribution is 7.17. The van der Waals surface area contributed by atoms with E-state index in [0.29, 0.717) is 15.7 Å². The summed E-state index contributed by atoms with van der Waals surface area (Å²) in [5.74, 6) is -0.294. The third kappa shape index (κ3) is 3.45. The normalized spacial score (nSPS) is 10.9. The molecule has 0 aliphatic carbocycles. The van der Waals surface area contributed by atoms with Gasteiger partial charge < -0.3 is 0 Å². The van der Waals surface area contributed by atoms with Crippen LogP contribution in [0.15, 0.2) is 29.4 Å². The number of aromatic nitrogens is 1. The second kappa shape index (κ2) is 5.71. The highest BCUT2D eigenvalue weighted by atomic mass is 32.1. The third-order valence-corrected chi connectivity index (χ3v) is 3.52. The molecule has 0 amide bonds. The fraction of sp³-hybridized carbons (Fsp3) is 0.154. The van der Waals surface area contributed by atoms with Crippen LogP contribution in [-0.4, -0.2) is 17.0 Å². The van der Waals surface area contributed by atoms with Crippen LogP contribution in [0, 0.1) is 12.7 Å². The molecule has 0 saturated carbocycles. The van der Waals surface area contributed by atoms with E-state index in [1.54, 1.807) is 25.3 Å². The summed E-state index contributed by atoms with van der Waals surface area (Å²) in [6.45, 7) is 3.29. The Morgan fingerprint density at radius 3 is 2.68 bits per heavy atom. The Kier molecular flexibility index (Phi) is 4.01. The smallest absolute Gasteiger partial charge is 0.204 e. The summed E-state index contributed by atoms with van der Waals surface area (Å²) >= 11 is 1.26. The van der Waals surface area contributed by atoms with Crippen molar-refractivity contribution in [3.8, 4) is 0 Å². The maximum absolute atomic E-state index is 12.7. The van der Waals surface area contributed by atoms with E-state index in [9.17, 15) is 9.18 Å². The molecular weight excluding hydrogens is 265 g/mol. The molecule has 19 heavy (non-hydrogen) atoms. The van der Waals surface area contributed by atoms with Gasteiger partial charge in [-0.2, -0.15) is 5.10 Å². The molecule has 2 aromatic rings. The van der Waals surface area contributed by atoms with E-state index in [4.69, 9.17) is 0 Å². The van der Waals surface area contributed by atoms with Gasteiger partial charge in [0.05, 0.1) is 16.8 Å². The van der Waals surface area contributed by atoms with Gasteiger partial charge in [0.15, 0.2) is 5.78 Å². The number of halogens is 1. The summed E-state index contributed by atoms with van der Waals surface area (Å²) in [4.78, 5) is 16.1. The Bertz CT molecular complexity index is 619. The van der Waals surface area contributed by atoms with Gasteiger partial charge in [0.2, 0.25) is 5.13 Å². The molecule has 98 valence electrons. The lowest BCUT2D eigenvalue weighted by molar-refractivity contribution is 0.102. The molecule has 2 rings (SSSR count). The average Bonchev–Trinajstić information content (AvgIpc) is 2.73. The molecule has 0 radical (unpaired) electrons. The first kappa shape index (κ1) is 13.4. The number of nitrogens with one attached hydrogen (secondary N) is 1. The van der Waals surface area contributed by atoms with Gasteiger partial charge in [-0.15, -0.1) is 0 Å². The minimum absolute atomic E-state index is 0.00874. The van der Waals surface area contributed by atoms with Crippen molar-refractivity contribution in [2.75, 3.05) is 5.43 Å². The van der Waals surface area contributed by atoms with Gasteiger partial charge >= 0.3 is 0 Å². The van der Waals surface area contributed by atoms with Gasteiger partial charge in [-0.3, -0.25) is 10.2 Å². The molecule has 0 bridgehead atoms. The molecule has 1 aromatic carbocycles. The maximum atomic E-state index is 12.7. The molecule has 4 nitrogen and oxygen atoms in total. The van der Waals surface area contributed by atoms with E-state index in [2.05, 4.69) is 15.5 Å². The topological polar surface area (TPSA) is 54.4 Å². The van der Waals surface area contributed by atoms with Crippen LogP contribution in [0.2, 0.25) is 0 Å². The SMILES string of the molecule is CC(=O)c1sc(NN=Cc2ccc(F)cc2)nc1C. The van der Waals surface area contributed by atoms with Crippen molar-refractivity contribution in [3.05, 3.63) is 46.2 Å². The van der Waals surface area contributed by atoms with Crippen molar-refractivity contribution in [1.82, 2.24) is 4.98 Å². The van der Waals surface area contributed by atoms with E-state index < -0.39 is 0 Å². The van der Waals surface area contributed by atoms with Gasteiger partial charge in [-0.05, 0) is 24.6 Å². The van der Waals surface area contributed by atoms with Gasteiger partial charge in [-0.1, -0.05) is 23.5 Å². The number of aryl methyl sites for hydroxylation is 1. The van der Waals surface area contributed by atoms with Crippen LogP contribution < -0.4 is 5.43 Å². The molecule has 1 aromatic heterocycles. The minimum Gasteiger partial charge on any atom is -0.294 e. The van der Waals surface area contributed by atoms with Crippen molar-refractivity contribution in [2.24, 2.45) is 5.10 Å². The minimum atomic E-state index is -0.285. The molecule has 0 unspecified atom stereocenters. The van der Waals surface area contributed by atoms with Gasteiger partial charge in [0.1, 0.15) is 5.82 Å². The number of ketones is 1. The average molecular weight is 277 g/mol. The van der Waals surface area contributed by atoms with Crippen molar-refractivity contribution in [2.45, 2.75) is 13.8 Å². The quantitative estimate of drug-likeness (QED) is 0.530. The van der Waals surface area contributed by atoms with Crippen LogP contribution in [0.25, 0.3) is 0 Å². The monoisotopic (exact) mass is 277 g/mol. The fourth-order valence-electron chi connectivity index (χ4n) is 1.48. The summed E-state index contributed by atoms with van der Waals surface area (Å²) in [5.41, 5.74) is 4.22. The Hall–Kier alpha value is -2.08. The summed E-state index contributed by atoms with van der Waals surface area (Å²) in [5, 5.41) is 4.55. The predicted molar refractivity (Wildman–Crippen MR) is 74.5 cm³/mol. The Balaban J connectivity index is 2.04. The highest BCUT2D eigenvalue weighted by Crippen LogP contribution is 2.22. The number of carbonyl (C=O) groups excluding carboxylic acids is 1. The molecule has 0 atom stereocenters. The largest absolute Gasteiger partial charge is 0.294 e. The van der Waals surface area contributed by atoms with E-state index in [1.807, 2.05) is 0 Å². The molecule has 1 N–H and O–H groups in total. The number of nitrogens with zero attached hydrogens (tertiary/aromatic N) is 2. The van der Waals surface area contributed by atoms with Gasteiger partial charge in [0, 0.05) is 6.92 Å². The van der Waals surface area contributed by atoms with E-state index in [-0.39, 0.29) is 11.6 Å². The Morgan fingerprint density at radius 1 is 1.42 bits per heavy atom. The van der Waals surface area contributed by atoms with Gasteiger partial charge in [0.25, 0.3) is 0 Å². The first-order valence-electron chi connectivity index (χ1n) is 5.59. The lowest BCUT2D eigenvalue weighted by Gasteiger charge is -1.94. The number of hydrogen-bond donors (Lipinski definition) is 1. The molecule has 6 heteroatoms. The standard InChI is InChI=1S/C13H12FN3OS/c1-8-12(9(2)18)19-13(16-8)17-15-7-10-3-5-11(14)6-4-10/h3-7H,1-2H3,(H,16,17). The molecular formula is C13H12FN3OS. The zero-order chi connectivity index (χ0) is 13.8. The predicted octanol–water partition coefficient (Wildman–Crippen LogP) is 3.24. The highest BCUT2D eigenvalue weighted by Gasteiger charge is 2.10. The van der Waals surface area contributed by atoms with Crippen molar-refractivity contribution in [1.29, 1.82) is 0 Å². The first-order valence-corrected chi connectivity index (χ1v) is 6.41. The molecule has 0 aliphatic rings. The van der Waals surface area contributed by atoms with E-state index in [1.165, 1.54) is 30.4 Å². The zero-order valence-electron chi connectivity index (χ0n) is 10.5. The van der Waals surface area contributed by atoms with Crippen LogP contribution in [0.5, 0.6) is 0 Å². The zero-order valence-corrected chi connectivity index (χ0v) is 11.3. The second-order valence-electron chi connectivity index (χ2n) is 3.91. The number of hydrazone groups is 1. The third-order valence-electron chi connectivity index (χ3n) is 2.36. The molecule has 0 aliphatic heterocycles. The van der Waals surface area contributed by atoms with Crippen molar-refractivity contribution >= 4 is 28.5 Å². The lowest BCUT2D eigenvalue weighted by atomic mass is 10.2. The number of Topliss-reactive ketones (excluding diaryl/α,β-unsaturated/α-hetero) is 1. The van der Waals surface area contributed by atoms with Crippen LogP contribution >= 0.6 is 11.3 Å². The van der Waals surface area contributed by atoms with Crippen LogP contribution in [0.4, 0.5) is 9.52 Å². The first-order chi connectivity index (χ1) is 9.06. The van der Waals surface area contributed by atoms with Crippen molar-refractivity contribution in [3.63, 3.8) is 0 Å². The maximum Gasteiger partial charge on any atom is 0.204 e.